The molecular formula is C17H10FN3. The van der Waals surface area contributed by atoms with Crippen LogP contribution in [0.1, 0.15) is 16.7 Å². The van der Waals surface area contributed by atoms with Crippen LogP contribution in [0.4, 0.5) is 4.39 Å². The number of nitrogens with zero attached hydrogens (tertiary/aromatic N) is 3. The average Bonchev–Trinajstić information content (AvgIpc) is 2.92. The molecule has 0 bridgehead atoms. The van der Waals surface area contributed by atoms with E-state index in [1.165, 1.54) is 12.1 Å². The summed E-state index contributed by atoms with van der Waals surface area (Å²) in [6.45, 7) is 0.319. The van der Waals surface area contributed by atoms with Crippen LogP contribution in [-0.2, 0) is 6.54 Å². The number of hydrogen-bond donors (Lipinski definition) is 0. The molecule has 0 fully saturated rings. The van der Waals surface area contributed by atoms with E-state index in [4.69, 9.17) is 10.5 Å². The van der Waals surface area contributed by atoms with Crippen molar-refractivity contribution >= 4 is 10.9 Å². The first-order valence-electron chi connectivity index (χ1n) is 6.39. The first-order valence-corrected chi connectivity index (χ1v) is 6.39. The molecule has 4 heteroatoms. The fraction of sp³-hybridized carbons (Fsp3) is 0.0588. The molecule has 1 heterocycles. The van der Waals surface area contributed by atoms with Crippen molar-refractivity contribution in [1.29, 1.82) is 10.5 Å². The van der Waals surface area contributed by atoms with E-state index in [1.807, 2.05) is 29.0 Å². The Morgan fingerprint density at radius 2 is 1.90 bits per heavy atom. The van der Waals surface area contributed by atoms with E-state index in [9.17, 15) is 4.39 Å². The van der Waals surface area contributed by atoms with E-state index < -0.39 is 0 Å². The third-order valence-electron chi connectivity index (χ3n) is 3.45. The number of nitriles is 2. The Balaban J connectivity index is 2.08. The Hall–Kier alpha value is -3.11. The van der Waals surface area contributed by atoms with E-state index in [2.05, 4.69) is 6.07 Å². The first kappa shape index (κ1) is 12.9. The molecule has 100 valence electrons. The van der Waals surface area contributed by atoms with Gasteiger partial charge in [0.25, 0.3) is 0 Å². The van der Waals surface area contributed by atoms with Gasteiger partial charge in [0.2, 0.25) is 0 Å². The Bertz CT molecular complexity index is 910. The van der Waals surface area contributed by atoms with Crippen LogP contribution in [0.5, 0.6) is 0 Å². The monoisotopic (exact) mass is 275 g/mol. The van der Waals surface area contributed by atoms with Gasteiger partial charge in [-0.1, -0.05) is 6.07 Å². The second-order valence-electron chi connectivity index (χ2n) is 4.71. The van der Waals surface area contributed by atoms with Gasteiger partial charge in [-0.25, -0.2) is 4.39 Å². The lowest BCUT2D eigenvalue weighted by Crippen LogP contribution is -2.01. The zero-order valence-corrected chi connectivity index (χ0v) is 11.0. The molecule has 0 amide bonds. The number of benzene rings is 2. The van der Waals surface area contributed by atoms with Gasteiger partial charge in [-0.15, -0.1) is 0 Å². The van der Waals surface area contributed by atoms with Crippen LogP contribution < -0.4 is 0 Å². The van der Waals surface area contributed by atoms with Gasteiger partial charge in [-0.3, -0.25) is 0 Å². The summed E-state index contributed by atoms with van der Waals surface area (Å²) in [6.07, 6.45) is 1.82. The molecule has 3 nitrogen and oxygen atoms in total. The van der Waals surface area contributed by atoms with Gasteiger partial charge in [0, 0.05) is 22.7 Å². The number of rotatable bonds is 2. The van der Waals surface area contributed by atoms with Crippen molar-refractivity contribution in [2.75, 3.05) is 0 Å². The summed E-state index contributed by atoms with van der Waals surface area (Å²) < 4.78 is 15.7. The minimum absolute atomic E-state index is 0.319. The van der Waals surface area contributed by atoms with E-state index in [0.717, 1.165) is 10.9 Å². The summed E-state index contributed by atoms with van der Waals surface area (Å²) in [4.78, 5) is 0. The van der Waals surface area contributed by atoms with Crippen molar-refractivity contribution in [3.05, 3.63) is 71.2 Å². The number of fused-ring (bicyclic) bond motifs is 1. The predicted molar refractivity (Wildman–Crippen MR) is 76.9 cm³/mol. The highest BCUT2D eigenvalue weighted by molar-refractivity contribution is 5.86. The molecule has 0 saturated heterocycles. The summed E-state index contributed by atoms with van der Waals surface area (Å²) in [5.74, 6) is -0.340. The highest BCUT2D eigenvalue weighted by atomic mass is 19.1. The molecule has 0 spiro atoms. The minimum atomic E-state index is -0.340. The molecule has 0 radical (unpaired) electrons. The molecule has 0 atom stereocenters. The highest BCUT2D eigenvalue weighted by Crippen LogP contribution is 2.21. The van der Waals surface area contributed by atoms with E-state index >= 15 is 0 Å². The quantitative estimate of drug-likeness (QED) is 0.717. The van der Waals surface area contributed by atoms with Crippen molar-refractivity contribution in [3.8, 4) is 12.1 Å². The normalized spacial score (nSPS) is 10.2. The first-order chi connectivity index (χ1) is 10.2. The Morgan fingerprint density at radius 3 is 2.67 bits per heavy atom. The summed E-state index contributed by atoms with van der Waals surface area (Å²) >= 11 is 0. The van der Waals surface area contributed by atoms with Gasteiger partial charge >= 0.3 is 0 Å². The molecule has 0 saturated carbocycles. The molecule has 3 aromatic rings. The van der Waals surface area contributed by atoms with Crippen LogP contribution in [-0.4, -0.2) is 4.57 Å². The lowest BCUT2D eigenvalue weighted by molar-refractivity contribution is 0.602. The van der Waals surface area contributed by atoms with Crippen LogP contribution in [0, 0.1) is 28.5 Å². The summed E-state index contributed by atoms with van der Waals surface area (Å²) in [5.41, 5.74) is 2.35. The molecule has 0 unspecified atom stereocenters. The van der Waals surface area contributed by atoms with Crippen LogP contribution in [0.3, 0.4) is 0 Å². The fourth-order valence-electron chi connectivity index (χ4n) is 2.41. The van der Waals surface area contributed by atoms with Crippen molar-refractivity contribution in [2.45, 2.75) is 6.54 Å². The topological polar surface area (TPSA) is 52.5 Å². The third kappa shape index (κ3) is 2.24. The molecule has 3 rings (SSSR count). The maximum Gasteiger partial charge on any atom is 0.128 e. The van der Waals surface area contributed by atoms with Crippen LogP contribution in [0.15, 0.2) is 48.7 Å². The number of halogens is 1. The van der Waals surface area contributed by atoms with Gasteiger partial charge in [-0.2, -0.15) is 10.5 Å². The molecule has 0 aliphatic rings. The molecular weight excluding hydrogens is 265 g/mol. The third-order valence-corrected chi connectivity index (χ3v) is 3.45. The van der Waals surface area contributed by atoms with Gasteiger partial charge in [0.05, 0.1) is 29.8 Å². The summed E-state index contributed by atoms with van der Waals surface area (Å²) in [6, 6.07) is 15.8. The minimum Gasteiger partial charge on any atom is -0.343 e. The number of hydrogen-bond acceptors (Lipinski definition) is 2. The van der Waals surface area contributed by atoms with Crippen molar-refractivity contribution < 1.29 is 4.39 Å². The molecule has 0 N–H and O–H groups in total. The van der Waals surface area contributed by atoms with Crippen molar-refractivity contribution in [3.63, 3.8) is 0 Å². The van der Waals surface area contributed by atoms with Crippen LogP contribution in [0.2, 0.25) is 0 Å². The van der Waals surface area contributed by atoms with Gasteiger partial charge in [0.1, 0.15) is 5.82 Å². The lowest BCUT2D eigenvalue weighted by atomic mass is 10.1. The Kier molecular flexibility index (Phi) is 3.14. The maximum absolute atomic E-state index is 13.9. The fourth-order valence-corrected chi connectivity index (χ4v) is 2.41. The highest BCUT2D eigenvalue weighted by Gasteiger charge is 2.08. The molecule has 0 aliphatic heterocycles. The molecule has 0 aliphatic carbocycles. The average molecular weight is 275 g/mol. The smallest absolute Gasteiger partial charge is 0.128 e. The standard InChI is InChI=1S/C17H10FN3/c18-16-5-4-12(9-19)8-14(16)11-21-7-6-15-13(10-20)2-1-3-17(15)21/h1-8H,11H2. The summed E-state index contributed by atoms with van der Waals surface area (Å²) in [7, 11) is 0. The zero-order chi connectivity index (χ0) is 14.8. The van der Waals surface area contributed by atoms with Crippen molar-refractivity contribution in [1.82, 2.24) is 4.57 Å². The second kappa shape index (κ2) is 5.11. The van der Waals surface area contributed by atoms with Crippen LogP contribution >= 0.6 is 0 Å². The largest absolute Gasteiger partial charge is 0.343 e. The zero-order valence-electron chi connectivity index (χ0n) is 11.0. The van der Waals surface area contributed by atoms with Gasteiger partial charge in [-0.05, 0) is 36.4 Å². The Morgan fingerprint density at radius 1 is 1.05 bits per heavy atom. The number of aromatic nitrogens is 1. The molecule has 21 heavy (non-hydrogen) atoms. The van der Waals surface area contributed by atoms with E-state index in [1.54, 1.807) is 18.2 Å². The van der Waals surface area contributed by atoms with Gasteiger partial charge < -0.3 is 4.57 Å². The Labute approximate surface area is 121 Å². The van der Waals surface area contributed by atoms with E-state index in [0.29, 0.717) is 23.2 Å². The SMILES string of the molecule is N#Cc1ccc(F)c(Cn2ccc3c(C#N)cccc32)c1. The second-order valence-corrected chi connectivity index (χ2v) is 4.71. The van der Waals surface area contributed by atoms with Crippen LogP contribution in [0.25, 0.3) is 10.9 Å². The van der Waals surface area contributed by atoms with Crippen molar-refractivity contribution in [2.24, 2.45) is 0 Å². The molecule has 2 aromatic carbocycles. The van der Waals surface area contributed by atoms with Gasteiger partial charge in [0.15, 0.2) is 0 Å². The summed E-state index contributed by atoms with van der Waals surface area (Å²) in [5, 5.41) is 18.8. The lowest BCUT2D eigenvalue weighted by Gasteiger charge is -2.07. The predicted octanol–water partition coefficient (Wildman–Crippen LogP) is 3.57. The maximum atomic E-state index is 13.9. The molecule has 1 aromatic heterocycles. The van der Waals surface area contributed by atoms with E-state index in [-0.39, 0.29) is 5.82 Å².